The normalized spacial score (nSPS) is 19.4. The molecule has 0 saturated carbocycles. The summed E-state index contributed by atoms with van der Waals surface area (Å²) in [5.74, 6) is -0.807. The summed E-state index contributed by atoms with van der Waals surface area (Å²) in [6.07, 6.45) is -0.0344. The first-order valence-corrected chi connectivity index (χ1v) is 10.8. The van der Waals surface area contributed by atoms with E-state index in [1.807, 2.05) is 0 Å². The molecular formula is C23H29N5O3. The second kappa shape index (κ2) is 8.93. The summed E-state index contributed by atoms with van der Waals surface area (Å²) in [5.41, 5.74) is 3.41. The molecule has 0 radical (unpaired) electrons. The topological polar surface area (TPSA) is 86.7 Å². The molecule has 1 aromatic carbocycles. The van der Waals surface area contributed by atoms with E-state index in [1.54, 1.807) is 29.2 Å². The summed E-state index contributed by atoms with van der Waals surface area (Å²) in [5, 5.41) is 5.45. The fraction of sp³-hybridized carbons (Fsp3) is 0.435. The van der Waals surface area contributed by atoms with E-state index in [1.165, 1.54) is 11.4 Å². The fourth-order valence-corrected chi connectivity index (χ4v) is 4.27. The number of aromatic nitrogens is 1. The highest BCUT2D eigenvalue weighted by atomic mass is 16.2. The Hall–Kier alpha value is -3.13. The maximum absolute atomic E-state index is 12.8. The molecule has 0 unspecified atom stereocenters. The highest BCUT2D eigenvalue weighted by molar-refractivity contribution is 6.10. The molecule has 8 heteroatoms. The largest absolute Gasteiger partial charge is 0.348 e. The Labute approximate surface area is 182 Å². The van der Waals surface area contributed by atoms with Crippen LogP contribution in [0.1, 0.15) is 28.2 Å². The Bertz CT molecular complexity index is 971. The SMILES string of the molecule is Cc1ccc(C)n1CCN1CCN(C(=O)C[C@@H]2NC(=O)c3ccccc3NC2=O)CC1. The molecule has 2 aliphatic rings. The van der Waals surface area contributed by atoms with E-state index in [2.05, 4.69) is 46.1 Å². The third-order valence-corrected chi connectivity index (χ3v) is 6.21. The molecule has 164 valence electrons. The number of aryl methyl sites for hydroxylation is 2. The van der Waals surface area contributed by atoms with Crippen molar-refractivity contribution in [3.63, 3.8) is 0 Å². The van der Waals surface area contributed by atoms with Gasteiger partial charge < -0.3 is 20.1 Å². The molecule has 0 spiro atoms. The first-order chi connectivity index (χ1) is 14.9. The average molecular weight is 424 g/mol. The number of nitrogens with one attached hydrogen (secondary N) is 2. The Kier molecular flexibility index (Phi) is 6.08. The van der Waals surface area contributed by atoms with Crippen molar-refractivity contribution in [3.05, 3.63) is 53.3 Å². The predicted molar refractivity (Wildman–Crippen MR) is 118 cm³/mol. The number of hydrogen-bond donors (Lipinski definition) is 2. The van der Waals surface area contributed by atoms with Crippen molar-refractivity contribution in [1.82, 2.24) is 19.7 Å². The smallest absolute Gasteiger partial charge is 0.254 e. The van der Waals surface area contributed by atoms with Gasteiger partial charge in [-0.3, -0.25) is 19.3 Å². The van der Waals surface area contributed by atoms with Crippen LogP contribution in [-0.4, -0.2) is 70.9 Å². The Morgan fingerprint density at radius 1 is 0.968 bits per heavy atom. The van der Waals surface area contributed by atoms with Crippen LogP contribution in [0.5, 0.6) is 0 Å². The number of carbonyl (C=O) groups excluding carboxylic acids is 3. The van der Waals surface area contributed by atoms with Crippen LogP contribution in [0, 0.1) is 13.8 Å². The summed E-state index contributed by atoms with van der Waals surface area (Å²) in [4.78, 5) is 41.9. The van der Waals surface area contributed by atoms with Crippen LogP contribution in [0.4, 0.5) is 5.69 Å². The van der Waals surface area contributed by atoms with Crippen LogP contribution in [-0.2, 0) is 16.1 Å². The minimum atomic E-state index is -0.870. The fourth-order valence-electron chi connectivity index (χ4n) is 4.27. The van der Waals surface area contributed by atoms with E-state index in [0.717, 1.165) is 26.2 Å². The molecule has 3 heterocycles. The number of para-hydroxylation sites is 1. The Balaban J connectivity index is 1.28. The molecule has 2 aliphatic heterocycles. The van der Waals surface area contributed by atoms with Gasteiger partial charge in [0.25, 0.3) is 5.91 Å². The monoisotopic (exact) mass is 423 g/mol. The van der Waals surface area contributed by atoms with Crippen LogP contribution >= 0.6 is 0 Å². The molecule has 2 aromatic rings. The van der Waals surface area contributed by atoms with Crippen molar-refractivity contribution in [2.75, 3.05) is 38.0 Å². The molecule has 1 aromatic heterocycles. The third-order valence-electron chi connectivity index (χ3n) is 6.21. The number of carbonyl (C=O) groups is 3. The van der Waals surface area contributed by atoms with Gasteiger partial charge in [0.2, 0.25) is 11.8 Å². The molecule has 1 fully saturated rings. The van der Waals surface area contributed by atoms with E-state index >= 15 is 0 Å². The van der Waals surface area contributed by atoms with Gasteiger partial charge in [0.05, 0.1) is 17.7 Å². The molecule has 0 aliphatic carbocycles. The van der Waals surface area contributed by atoms with Crippen molar-refractivity contribution < 1.29 is 14.4 Å². The average Bonchev–Trinajstić information content (AvgIpc) is 3.03. The van der Waals surface area contributed by atoms with Crippen LogP contribution in [0.3, 0.4) is 0 Å². The maximum Gasteiger partial charge on any atom is 0.254 e. The predicted octanol–water partition coefficient (Wildman–Crippen LogP) is 1.39. The first-order valence-electron chi connectivity index (χ1n) is 10.8. The van der Waals surface area contributed by atoms with Crippen molar-refractivity contribution in [1.29, 1.82) is 0 Å². The molecule has 4 rings (SSSR count). The molecular weight excluding hydrogens is 394 g/mol. The third kappa shape index (κ3) is 4.64. The lowest BCUT2D eigenvalue weighted by atomic mass is 10.1. The number of nitrogens with zero attached hydrogens (tertiary/aromatic N) is 3. The summed E-state index contributed by atoms with van der Waals surface area (Å²) < 4.78 is 2.31. The number of fused-ring (bicyclic) bond motifs is 1. The number of piperazine rings is 1. The van der Waals surface area contributed by atoms with Crippen molar-refractivity contribution in [2.45, 2.75) is 32.9 Å². The van der Waals surface area contributed by atoms with Gasteiger partial charge in [-0.05, 0) is 38.1 Å². The highest BCUT2D eigenvalue weighted by Crippen LogP contribution is 2.19. The van der Waals surface area contributed by atoms with Crippen LogP contribution < -0.4 is 10.6 Å². The number of rotatable bonds is 5. The zero-order chi connectivity index (χ0) is 22.0. The molecule has 1 atom stereocenters. The Morgan fingerprint density at radius 3 is 2.35 bits per heavy atom. The number of hydrogen-bond acceptors (Lipinski definition) is 4. The van der Waals surface area contributed by atoms with Crippen molar-refractivity contribution in [2.24, 2.45) is 0 Å². The molecule has 8 nitrogen and oxygen atoms in total. The second-order valence-corrected chi connectivity index (χ2v) is 8.26. The quantitative estimate of drug-likeness (QED) is 0.761. The highest BCUT2D eigenvalue weighted by Gasteiger charge is 2.31. The van der Waals surface area contributed by atoms with Gasteiger partial charge in [-0.1, -0.05) is 12.1 Å². The van der Waals surface area contributed by atoms with E-state index < -0.39 is 6.04 Å². The molecule has 31 heavy (non-hydrogen) atoms. The van der Waals surface area contributed by atoms with E-state index in [9.17, 15) is 14.4 Å². The van der Waals surface area contributed by atoms with Crippen LogP contribution in [0.2, 0.25) is 0 Å². The zero-order valence-electron chi connectivity index (χ0n) is 18.1. The summed E-state index contributed by atoms with van der Waals surface area (Å²) in [6.45, 7) is 8.98. The van der Waals surface area contributed by atoms with Gasteiger partial charge in [0.15, 0.2) is 0 Å². The minimum absolute atomic E-state index is 0.0344. The lowest BCUT2D eigenvalue weighted by Gasteiger charge is -2.35. The Morgan fingerprint density at radius 2 is 1.65 bits per heavy atom. The molecule has 2 N–H and O–H groups in total. The van der Waals surface area contributed by atoms with Gasteiger partial charge in [0.1, 0.15) is 6.04 Å². The minimum Gasteiger partial charge on any atom is -0.348 e. The lowest BCUT2D eigenvalue weighted by molar-refractivity contribution is -0.135. The lowest BCUT2D eigenvalue weighted by Crippen LogP contribution is -2.51. The van der Waals surface area contributed by atoms with Gasteiger partial charge in [-0.15, -0.1) is 0 Å². The summed E-state index contributed by atoms with van der Waals surface area (Å²) >= 11 is 0. The summed E-state index contributed by atoms with van der Waals surface area (Å²) in [7, 11) is 0. The first kappa shape index (κ1) is 21.1. The number of amides is 3. The number of benzene rings is 1. The van der Waals surface area contributed by atoms with Gasteiger partial charge in [-0.25, -0.2) is 0 Å². The molecule has 1 saturated heterocycles. The molecule has 3 amide bonds. The van der Waals surface area contributed by atoms with Gasteiger partial charge in [0, 0.05) is 50.7 Å². The van der Waals surface area contributed by atoms with Crippen LogP contribution in [0.15, 0.2) is 36.4 Å². The van der Waals surface area contributed by atoms with E-state index in [0.29, 0.717) is 24.3 Å². The molecule has 0 bridgehead atoms. The van der Waals surface area contributed by atoms with Gasteiger partial charge in [-0.2, -0.15) is 0 Å². The standard InChI is InChI=1S/C23H29N5O3/c1-16-7-8-17(2)28(16)14-11-26-9-12-27(13-10-26)21(29)15-20-23(31)24-19-6-4-3-5-18(19)22(30)25-20/h3-8,20H,9-15H2,1-2H3,(H,24,31)(H,25,30)/t20-/m0/s1. The van der Waals surface area contributed by atoms with Crippen LogP contribution in [0.25, 0.3) is 0 Å². The number of anilines is 1. The second-order valence-electron chi connectivity index (χ2n) is 8.26. The zero-order valence-corrected chi connectivity index (χ0v) is 18.1. The van der Waals surface area contributed by atoms with Gasteiger partial charge >= 0.3 is 0 Å². The maximum atomic E-state index is 12.8. The van der Waals surface area contributed by atoms with Crippen molar-refractivity contribution in [3.8, 4) is 0 Å². The van der Waals surface area contributed by atoms with E-state index in [-0.39, 0.29) is 24.1 Å². The van der Waals surface area contributed by atoms with E-state index in [4.69, 9.17) is 0 Å². The van der Waals surface area contributed by atoms with Crippen molar-refractivity contribution >= 4 is 23.4 Å². The summed E-state index contributed by atoms with van der Waals surface area (Å²) in [6, 6.07) is 10.2.